The van der Waals surface area contributed by atoms with Crippen molar-refractivity contribution in [3.05, 3.63) is 64.6 Å². The summed E-state index contributed by atoms with van der Waals surface area (Å²) in [6.07, 6.45) is 1.93. The average molecular weight is 444 g/mol. The zero-order valence-electron chi connectivity index (χ0n) is 18.0. The van der Waals surface area contributed by atoms with Crippen molar-refractivity contribution in [1.29, 1.82) is 0 Å². The van der Waals surface area contributed by atoms with Gasteiger partial charge in [-0.1, -0.05) is 18.2 Å². The smallest absolute Gasteiger partial charge is 0.264 e. The molecule has 2 aliphatic rings. The number of halogens is 2. The summed E-state index contributed by atoms with van der Waals surface area (Å²) in [5, 5.41) is 0. The number of anilines is 2. The second-order valence-electron chi connectivity index (χ2n) is 8.26. The topological polar surface area (TPSA) is 26.8 Å². The van der Waals surface area contributed by atoms with Crippen molar-refractivity contribution < 1.29 is 13.6 Å². The minimum atomic E-state index is -0.947. The molecule has 2 aliphatic heterocycles. The van der Waals surface area contributed by atoms with E-state index in [0.29, 0.717) is 35.0 Å². The second kappa shape index (κ2) is 9.01. The quantitative estimate of drug-likeness (QED) is 0.647. The predicted molar refractivity (Wildman–Crippen MR) is 124 cm³/mol. The molecule has 0 saturated carbocycles. The van der Waals surface area contributed by atoms with Gasteiger partial charge in [0.25, 0.3) is 5.91 Å². The molecule has 0 radical (unpaired) electrons. The largest absolute Gasteiger partial charge is 0.365 e. The van der Waals surface area contributed by atoms with Gasteiger partial charge < -0.3 is 9.80 Å². The van der Waals surface area contributed by atoms with Gasteiger partial charge in [-0.25, -0.2) is 8.78 Å². The van der Waals surface area contributed by atoms with Crippen molar-refractivity contribution in [1.82, 2.24) is 4.90 Å². The first-order valence-electron chi connectivity index (χ1n) is 10.5. The monoisotopic (exact) mass is 443 g/mol. The first kappa shape index (κ1) is 21.8. The van der Waals surface area contributed by atoms with Crippen LogP contribution in [-0.4, -0.2) is 55.3 Å². The molecule has 2 heterocycles. The van der Waals surface area contributed by atoms with Crippen LogP contribution in [0.2, 0.25) is 0 Å². The molecule has 2 unspecified atom stereocenters. The van der Waals surface area contributed by atoms with Crippen LogP contribution in [0.3, 0.4) is 0 Å². The summed E-state index contributed by atoms with van der Waals surface area (Å²) in [5.41, 5.74) is 2.49. The molecule has 31 heavy (non-hydrogen) atoms. The van der Waals surface area contributed by atoms with Crippen LogP contribution >= 0.6 is 11.8 Å². The summed E-state index contributed by atoms with van der Waals surface area (Å²) < 4.78 is 27.0. The molecule has 164 valence electrons. The molecule has 2 saturated heterocycles. The van der Waals surface area contributed by atoms with E-state index in [4.69, 9.17) is 0 Å². The van der Waals surface area contributed by atoms with E-state index in [-0.39, 0.29) is 5.91 Å². The first-order valence-corrected chi connectivity index (χ1v) is 11.5. The summed E-state index contributed by atoms with van der Waals surface area (Å²) in [6.45, 7) is 6.79. The van der Waals surface area contributed by atoms with Crippen LogP contribution in [0.15, 0.2) is 47.4 Å². The summed E-state index contributed by atoms with van der Waals surface area (Å²) in [7, 11) is 2.15. The zero-order valence-corrected chi connectivity index (χ0v) is 18.8. The van der Waals surface area contributed by atoms with Crippen LogP contribution in [-0.2, 0) is 4.79 Å². The summed E-state index contributed by atoms with van der Waals surface area (Å²) >= 11 is 1.50. The number of piperazine rings is 1. The fraction of sp³-hybridized carbons (Fsp3) is 0.375. The average Bonchev–Trinajstić information content (AvgIpc) is 2.75. The highest BCUT2D eigenvalue weighted by molar-refractivity contribution is 8.04. The number of likely N-dealkylation sites (N-methyl/N-ethyl adjacent to an activating group) is 1. The summed E-state index contributed by atoms with van der Waals surface area (Å²) in [5.74, 6) is -1.35. The van der Waals surface area contributed by atoms with E-state index in [0.717, 1.165) is 36.5 Å². The normalized spacial score (nSPS) is 24.2. The Bertz CT molecular complexity index is 1010. The highest BCUT2D eigenvalue weighted by Crippen LogP contribution is 2.33. The van der Waals surface area contributed by atoms with E-state index in [1.807, 2.05) is 24.3 Å². The number of benzene rings is 2. The number of rotatable bonds is 3. The number of nitrogens with zero attached hydrogens (tertiary/aromatic N) is 3. The fourth-order valence-electron chi connectivity index (χ4n) is 4.19. The minimum Gasteiger partial charge on any atom is -0.365 e. The van der Waals surface area contributed by atoms with E-state index in [1.54, 1.807) is 0 Å². The van der Waals surface area contributed by atoms with Gasteiger partial charge in [0.2, 0.25) is 0 Å². The van der Waals surface area contributed by atoms with Crippen molar-refractivity contribution in [2.75, 3.05) is 42.2 Å². The van der Waals surface area contributed by atoms with Gasteiger partial charge in [0.05, 0.1) is 4.91 Å². The van der Waals surface area contributed by atoms with Gasteiger partial charge in [-0.15, -0.1) is 11.8 Å². The number of para-hydroxylation sites is 1. The Morgan fingerprint density at radius 1 is 1.03 bits per heavy atom. The van der Waals surface area contributed by atoms with E-state index in [2.05, 4.69) is 36.8 Å². The Morgan fingerprint density at radius 3 is 2.58 bits per heavy atom. The molecule has 0 aromatic heterocycles. The van der Waals surface area contributed by atoms with E-state index >= 15 is 0 Å². The van der Waals surface area contributed by atoms with Crippen LogP contribution < -0.4 is 9.80 Å². The molecule has 7 heteroatoms. The maximum atomic E-state index is 13.7. The molecule has 2 aromatic rings. The van der Waals surface area contributed by atoms with Crippen LogP contribution in [0, 0.1) is 11.6 Å². The molecule has 2 atom stereocenters. The predicted octanol–water partition coefficient (Wildman–Crippen LogP) is 4.61. The van der Waals surface area contributed by atoms with Crippen molar-refractivity contribution in [3.63, 3.8) is 0 Å². The van der Waals surface area contributed by atoms with Gasteiger partial charge >= 0.3 is 0 Å². The van der Waals surface area contributed by atoms with Crippen molar-refractivity contribution in [2.45, 2.75) is 25.9 Å². The van der Waals surface area contributed by atoms with Gasteiger partial charge in [-0.05, 0) is 50.7 Å². The molecule has 4 rings (SSSR count). The molecule has 0 aliphatic carbocycles. The Kier molecular flexibility index (Phi) is 6.34. The highest BCUT2D eigenvalue weighted by Gasteiger charge is 2.29. The molecule has 0 N–H and O–H groups in total. The summed E-state index contributed by atoms with van der Waals surface area (Å²) in [4.78, 5) is 20.1. The Morgan fingerprint density at radius 2 is 1.81 bits per heavy atom. The second-order valence-corrected chi connectivity index (χ2v) is 9.40. The molecule has 1 amide bonds. The first-order chi connectivity index (χ1) is 14.8. The van der Waals surface area contributed by atoms with Gasteiger partial charge in [-0.2, -0.15) is 0 Å². The molecule has 2 aromatic carbocycles. The van der Waals surface area contributed by atoms with E-state index in [9.17, 15) is 13.6 Å². The third-order valence-electron chi connectivity index (χ3n) is 6.07. The van der Waals surface area contributed by atoms with E-state index < -0.39 is 11.6 Å². The number of amides is 1. The number of carbonyl (C=O) groups excluding carboxylic acids is 1. The lowest BCUT2D eigenvalue weighted by atomic mass is 10.0. The van der Waals surface area contributed by atoms with E-state index in [1.165, 1.54) is 22.7 Å². The van der Waals surface area contributed by atoms with Crippen LogP contribution in [0.4, 0.5) is 20.2 Å². The Hall–Kier alpha value is -2.38. The number of hydrogen-bond acceptors (Lipinski definition) is 4. The number of carbonyl (C=O) groups is 1. The maximum absolute atomic E-state index is 13.7. The molecular weight excluding hydrogens is 416 g/mol. The van der Waals surface area contributed by atoms with Crippen LogP contribution in [0.1, 0.15) is 19.4 Å². The van der Waals surface area contributed by atoms with Gasteiger partial charge in [0, 0.05) is 54.9 Å². The van der Waals surface area contributed by atoms with Crippen LogP contribution in [0.25, 0.3) is 6.08 Å². The molecule has 2 fully saturated rings. The summed E-state index contributed by atoms with van der Waals surface area (Å²) in [6, 6.07) is 12.5. The SMILES string of the molecule is CC1CN(c2ccccc2/C=C2/SCCN(c3ccc(F)c(F)c3)C2=O)C(C)CN1C. The Labute approximate surface area is 186 Å². The lowest BCUT2D eigenvalue weighted by Gasteiger charge is -2.44. The third kappa shape index (κ3) is 4.48. The van der Waals surface area contributed by atoms with Crippen molar-refractivity contribution in [2.24, 2.45) is 0 Å². The molecular formula is C24H27F2N3OS. The maximum Gasteiger partial charge on any atom is 0.264 e. The number of hydrogen-bond donors (Lipinski definition) is 0. The molecule has 0 spiro atoms. The minimum absolute atomic E-state index is 0.183. The van der Waals surface area contributed by atoms with Crippen molar-refractivity contribution in [3.8, 4) is 0 Å². The highest BCUT2D eigenvalue weighted by atomic mass is 32.2. The third-order valence-corrected chi connectivity index (χ3v) is 7.06. The van der Waals surface area contributed by atoms with Gasteiger partial charge in [-0.3, -0.25) is 9.69 Å². The zero-order chi connectivity index (χ0) is 22.1. The van der Waals surface area contributed by atoms with Gasteiger partial charge in [0.1, 0.15) is 0 Å². The Balaban J connectivity index is 1.64. The van der Waals surface area contributed by atoms with Crippen LogP contribution in [0.5, 0.6) is 0 Å². The van der Waals surface area contributed by atoms with Gasteiger partial charge in [0.15, 0.2) is 11.6 Å². The molecule has 4 nitrogen and oxygen atoms in total. The lowest BCUT2D eigenvalue weighted by molar-refractivity contribution is -0.114. The number of thioether (sulfide) groups is 1. The van der Waals surface area contributed by atoms with Crippen molar-refractivity contribution >= 4 is 35.1 Å². The standard InChI is InChI=1S/C24H27F2N3OS/c1-16-15-29(17(2)14-27(16)3)22-7-5-4-6-18(22)12-23-24(30)28(10-11-31-23)19-8-9-20(25)21(26)13-19/h4-9,12-13,16-17H,10-11,14-15H2,1-3H3/b23-12+. The molecule has 0 bridgehead atoms. The fourth-order valence-corrected chi connectivity index (χ4v) is 5.13. The lowest BCUT2D eigenvalue weighted by Crippen LogP contribution is -2.55.